The highest BCUT2D eigenvalue weighted by molar-refractivity contribution is 9.10. The minimum atomic E-state index is -0.263. The summed E-state index contributed by atoms with van der Waals surface area (Å²) in [5, 5.41) is 9.87. The second-order valence-corrected chi connectivity index (χ2v) is 3.74. The van der Waals surface area contributed by atoms with Gasteiger partial charge in [-0.3, -0.25) is 4.79 Å². The average Bonchev–Trinajstić information content (AvgIpc) is 2.30. The average molecular weight is 279 g/mol. The van der Waals surface area contributed by atoms with Crippen LogP contribution in [0.4, 0.5) is 5.82 Å². The summed E-state index contributed by atoms with van der Waals surface area (Å²) in [5.41, 5.74) is 0.441. The largest absolute Gasteiger partial charge is 0.306 e. The summed E-state index contributed by atoms with van der Waals surface area (Å²) in [6, 6.07) is 6.86. The first-order chi connectivity index (χ1) is 7.75. The van der Waals surface area contributed by atoms with E-state index in [0.717, 1.165) is 0 Å². The Labute approximate surface area is 100 Å². The fourth-order valence-electron chi connectivity index (χ4n) is 1.09. The summed E-state index contributed by atoms with van der Waals surface area (Å²) in [6.07, 6.45) is 2.86. The van der Waals surface area contributed by atoms with Gasteiger partial charge in [-0.2, -0.15) is 10.2 Å². The molecule has 0 aromatic carbocycles. The predicted octanol–water partition coefficient (Wildman–Crippen LogP) is 1.89. The van der Waals surface area contributed by atoms with Crippen LogP contribution in [-0.4, -0.2) is 21.1 Å². The van der Waals surface area contributed by atoms with E-state index in [1.165, 1.54) is 12.4 Å². The summed E-state index contributed by atoms with van der Waals surface area (Å²) in [6.45, 7) is 0. The van der Waals surface area contributed by atoms with Crippen molar-refractivity contribution >= 4 is 27.7 Å². The van der Waals surface area contributed by atoms with Crippen molar-refractivity contribution in [2.75, 3.05) is 5.32 Å². The molecule has 6 heteroatoms. The first kappa shape index (κ1) is 10.7. The molecule has 1 amide bonds. The summed E-state index contributed by atoms with van der Waals surface area (Å²) < 4.78 is 0.665. The molecule has 2 rings (SSSR count). The van der Waals surface area contributed by atoms with Crippen molar-refractivity contribution in [3.63, 3.8) is 0 Å². The van der Waals surface area contributed by atoms with Gasteiger partial charge in [-0.05, 0) is 34.1 Å². The number of amides is 1. The molecule has 0 aliphatic heterocycles. The Morgan fingerprint density at radius 1 is 1.25 bits per heavy atom. The van der Waals surface area contributed by atoms with Crippen LogP contribution >= 0.6 is 15.9 Å². The van der Waals surface area contributed by atoms with E-state index in [9.17, 15) is 4.79 Å². The normalized spacial score (nSPS) is 9.81. The van der Waals surface area contributed by atoms with Crippen molar-refractivity contribution < 1.29 is 4.79 Å². The third-order valence-electron chi connectivity index (χ3n) is 1.80. The van der Waals surface area contributed by atoms with E-state index in [2.05, 4.69) is 36.4 Å². The smallest absolute Gasteiger partial charge is 0.258 e. The first-order valence-electron chi connectivity index (χ1n) is 4.46. The van der Waals surface area contributed by atoms with Gasteiger partial charge in [0.25, 0.3) is 5.91 Å². The van der Waals surface area contributed by atoms with Gasteiger partial charge in [0.2, 0.25) is 0 Å². The molecule has 0 aliphatic rings. The van der Waals surface area contributed by atoms with Gasteiger partial charge in [-0.1, -0.05) is 6.07 Å². The van der Waals surface area contributed by atoms with Crippen molar-refractivity contribution in [2.24, 2.45) is 0 Å². The highest BCUT2D eigenvalue weighted by Crippen LogP contribution is 2.10. The zero-order chi connectivity index (χ0) is 11.4. The van der Waals surface area contributed by atoms with Crippen LogP contribution in [-0.2, 0) is 0 Å². The molecule has 0 atom stereocenters. The zero-order valence-corrected chi connectivity index (χ0v) is 9.68. The van der Waals surface area contributed by atoms with E-state index in [4.69, 9.17) is 0 Å². The minimum absolute atomic E-state index is 0.263. The summed E-state index contributed by atoms with van der Waals surface area (Å²) in [4.78, 5) is 15.8. The molecule has 2 aromatic heterocycles. The molecular weight excluding hydrogens is 272 g/mol. The minimum Gasteiger partial charge on any atom is -0.306 e. The van der Waals surface area contributed by atoms with E-state index >= 15 is 0 Å². The molecule has 0 radical (unpaired) electrons. The molecule has 0 saturated heterocycles. The number of pyridine rings is 1. The van der Waals surface area contributed by atoms with Gasteiger partial charge in [0.05, 0.1) is 18.0 Å². The number of nitrogens with zero attached hydrogens (tertiary/aromatic N) is 3. The van der Waals surface area contributed by atoms with E-state index in [1.54, 1.807) is 24.3 Å². The van der Waals surface area contributed by atoms with Crippen LogP contribution < -0.4 is 5.32 Å². The molecule has 0 saturated carbocycles. The molecule has 0 unspecified atom stereocenters. The number of halogens is 1. The Balaban J connectivity index is 2.14. The lowest BCUT2D eigenvalue weighted by atomic mass is 10.3. The third kappa shape index (κ3) is 2.60. The first-order valence-corrected chi connectivity index (χ1v) is 5.25. The van der Waals surface area contributed by atoms with Gasteiger partial charge in [-0.25, -0.2) is 4.98 Å². The Morgan fingerprint density at radius 2 is 2.12 bits per heavy atom. The maximum atomic E-state index is 11.7. The zero-order valence-electron chi connectivity index (χ0n) is 8.09. The second-order valence-electron chi connectivity index (χ2n) is 2.93. The highest BCUT2D eigenvalue weighted by Gasteiger charge is 2.06. The molecule has 16 heavy (non-hydrogen) atoms. The topological polar surface area (TPSA) is 67.8 Å². The molecule has 80 valence electrons. The lowest BCUT2D eigenvalue weighted by molar-refractivity contribution is 0.102. The summed E-state index contributed by atoms with van der Waals surface area (Å²) >= 11 is 3.22. The number of rotatable bonds is 2. The Bertz CT molecular complexity index is 503. The van der Waals surface area contributed by atoms with Crippen molar-refractivity contribution in [1.29, 1.82) is 0 Å². The fraction of sp³-hybridized carbons (Fsp3) is 0. The maximum absolute atomic E-state index is 11.7. The second kappa shape index (κ2) is 4.80. The summed E-state index contributed by atoms with van der Waals surface area (Å²) in [5.74, 6) is 0.219. The van der Waals surface area contributed by atoms with Gasteiger partial charge >= 0.3 is 0 Å². The Hall–Kier alpha value is -1.82. The number of hydrogen-bond acceptors (Lipinski definition) is 4. The van der Waals surface area contributed by atoms with Gasteiger partial charge in [-0.15, -0.1) is 0 Å². The van der Waals surface area contributed by atoms with E-state index in [1.807, 2.05) is 0 Å². The number of carbonyl (C=O) groups is 1. The predicted molar refractivity (Wildman–Crippen MR) is 61.9 cm³/mol. The molecule has 5 nitrogen and oxygen atoms in total. The van der Waals surface area contributed by atoms with Crippen LogP contribution in [0.2, 0.25) is 0 Å². The van der Waals surface area contributed by atoms with Gasteiger partial charge in [0, 0.05) is 0 Å². The lowest BCUT2D eigenvalue weighted by Gasteiger charge is -2.03. The van der Waals surface area contributed by atoms with Crippen molar-refractivity contribution in [3.05, 3.63) is 46.8 Å². The Kier molecular flexibility index (Phi) is 3.21. The van der Waals surface area contributed by atoms with Gasteiger partial charge < -0.3 is 5.32 Å². The quantitative estimate of drug-likeness (QED) is 0.852. The van der Waals surface area contributed by atoms with Crippen LogP contribution in [0.25, 0.3) is 0 Å². The van der Waals surface area contributed by atoms with Crippen molar-refractivity contribution in [1.82, 2.24) is 15.2 Å². The molecule has 2 heterocycles. The van der Waals surface area contributed by atoms with E-state index in [-0.39, 0.29) is 5.91 Å². The summed E-state index contributed by atoms with van der Waals surface area (Å²) in [7, 11) is 0. The number of nitrogens with one attached hydrogen (secondary N) is 1. The standard InChI is InChI=1S/C10H7BrN4O/c11-8-2-1-3-9(14-8)15-10(16)7-4-5-12-13-6-7/h1-6H,(H,14,15,16). The molecule has 0 fully saturated rings. The number of hydrogen-bond donors (Lipinski definition) is 1. The van der Waals surface area contributed by atoms with Crippen LogP contribution in [0.15, 0.2) is 41.3 Å². The van der Waals surface area contributed by atoms with Crippen molar-refractivity contribution in [3.8, 4) is 0 Å². The van der Waals surface area contributed by atoms with Crippen LogP contribution in [0, 0.1) is 0 Å². The monoisotopic (exact) mass is 278 g/mol. The van der Waals surface area contributed by atoms with Crippen molar-refractivity contribution in [2.45, 2.75) is 0 Å². The molecule has 0 aliphatic carbocycles. The van der Waals surface area contributed by atoms with Crippen LogP contribution in [0.1, 0.15) is 10.4 Å². The van der Waals surface area contributed by atoms with E-state index < -0.39 is 0 Å². The molecule has 1 N–H and O–H groups in total. The fourth-order valence-corrected chi connectivity index (χ4v) is 1.44. The van der Waals surface area contributed by atoms with E-state index in [0.29, 0.717) is 16.0 Å². The van der Waals surface area contributed by atoms with Gasteiger partial charge in [0.1, 0.15) is 10.4 Å². The van der Waals surface area contributed by atoms with Crippen LogP contribution in [0.5, 0.6) is 0 Å². The third-order valence-corrected chi connectivity index (χ3v) is 2.24. The number of anilines is 1. The molecular formula is C10H7BrN4O. The maximum Gasteiger partial charge on any atom is 0.258 e. The SMILES string of the molecule is O=C(Nc1cccc(Br)n1)c1ccnnc1. The lowest BCUT2D eigenvalue weighted by Crippen LogP contribution is -2.13. The molecule has 0 spiro atoms. The van der Waals surface area contributed by atoms with Crippen LogP contribution in [0.3, 0.4) is 0 Å². The number of aromatic nitrogens is 3. The van der Waals surface area contributed by atoms with Gasteiger partial charge in [0.15, 0.2) is 0 Å². The highest BCUT2D eigenvalue weighted by atomic mass is 79.9. The molecule has 0 bridgehead atoms. The Morgan fingerprint density at radius 3 is 2.81 bits per heavy atom. The number of carbonyl (C=O) groups excluding carboxylic acids is 1. The molecule has 2 aromatic rings.